The summed E-state index contributed by atoms with van der Waals surface area (Å²) < 4.78 is 11.7. The van der Waals surface area contributed by atoms with Gasteiger partial charge in [0, 0.05) is 49.7 Å². The number of anilines is 3. The molecule has 1 saturated heterocycles. The molecule has 0 radical (unpaired) electrons. The van der Waals surface area contributed by atoms with Crippen molar-refractivity contribution in [1.82, 2.24) is 4.90 Å². The topological polar surface area (TPSA) is 102 Å². The summed E-state index contributed by atoms with van der Waals surface area (Å²) in [5.41, 5.74) is 11.2. The zero-order valence-electron chi connectivity index (χ0n) is 23.8. The van der Waals surface area contributed by atoms with Gasteiger partial charge < -0.3 is 25.3 Å². The average molecular weight is 544 g/mol. The summed E-state index contributed by atoms with van der Waals surface area (Å²) in [4.78, 5) is 11.2. The molecule has 5 rings (SSSR count). The highest BCUT2D eigenvalue weighted by molar-refractivity contribution is 6.08. The Bertz CT molecular complexity index is 1430. The SMILES string of the molecule is CN=C(N)N(c1cc(CCCCN2CCN(c3ccccc3C)CC2)ccc1OC)c1occ2ccccc12.O. The molecule has 1 aliphatic rings. The molecule has 40 heavy (non-hydrogen) atoms. The molecule has 8 heteroatoms. The Kier molecular flexibility index (Phi) is 9.69. The van der Waals surface area contributed by atoms with Gasteiger partial charge in [0.15, 0.2) is 0 Å². The van der Waals surface area contributed by atoms with Gasteiger partial charge in [-0.15, -0.1) is 0 Å². The molecule has 0 bridgehead atoms. The number of furan rings is 1. The van der Waals surface area contributed by atoms with Gasteiger partial charge in [-0.3, -0.25) is 9.89 Å². The number of unbranched alkanes of at least 4 members (excludes halogenated alkanes) is 1. The fourth-order valence-electron chi connectivity index (χ4n) is 5.45. The molecule has 0 spiro atoms. The Balaban J connectivity index is 0.00000370. The minimum Gasteiger partial charge on any atom is -0.495 e. The Morgan fingerprint density at radius 2 is 1.75 bits per heavy atom. The Labute approximate surface area is 237 Å². The fraction of sp³-hybridized carbons (Fsp3) is 0.344. The van der Waals surface area contributed by atoms with Crippen LogP contribution < -0.4 is 20.3 Å². The number of aliphatic imine (C=N–C) groups is 1. The number of ether oxygens (including phenoxy) is 1. The van der Waals surface area contributed by atoms with Crippen LogP contribution in [0.1, 0.15) is 24.0 Å². The van der Waals surface area contributed by atoms with Crippen molar-refractivity contribution in [2.24, 2.45) is 10.7 Å². The first kappa shape index (κ1) is 29.0. The van der Waals surface area contributed by atoms with Crippen molar-refractivity contribution < 1.29 is 14.6 Å². The van der Waals surface area contributed by atoms with Crippen LogP contribution in [0.5, 0.6) is 5.75 Å². The average Bonchev–Trinajstić information content (AvgIpc) is 3.40. The maximum atomic E-state index is 6.42. The summed E-state index contributed by atoms with van der Waals surface area (Å²) in [5, 5.41) is 1.98. The van der Waals surface area contributed by atoms with Crippen molar-refractivity contribution in [3.8, 4) is 5.75 Å². The lowest BCUT2D eigenvalue weighted by Gasteiger charge is -2.36. The van der Waals surface area contributed by atoms with Gasteiger partial charge in [0.1, 0.15) is 12.0 Å². The first-order valence-electron chi connectivity index (χ1n) is 13.8. The van der Waals surface area contributed by atoms with Gasteiger partial charge in [0.25, 0.3) is 0 Å². The molecule has 0 saturated carbocycles. The summed E-state index contributed by atoms with van der Waals surface area (Å²) in [6, 6.07) is 23.0. The van der Waals surface area contributed by atoms with Gasteiger partial charge >= 0.3 is 0 Å². The Morgan fingerprint density at radius 1 is 1.00 bits per heavy atom. The summed E-state index contributed by atoms with van der Waals surface area (Å²) in [6.07, 6.45) is 5.01. The lowest BCUT2D eigenvalue weighted by molar-refractivity contribution is 0.253. The van der Waals surface area contributed by atoms with Crippen LogP contribution >= 0.6 is 0 Å². The van der Waals surface area contributed by atoms with E-state index in [4.69, 9.17) is 14.9 Å². The summed E-state index contributed by atoms with van der Waals surface area (Å²) in [6.45, 7) is 7.73. The van der Waals surface area contributed by atoms with Crippen LogP contribution in [0.2, 0.25) is 0 Å². The minimum atomic E-state index is 0. The van der Waals surface area contributed by atoms with Crippen LogP contribution in [0.4, 0.5) is 17.3 Å². The molecule has 1 aliphatic heterocycles. The maximum absolute atomic E-state index is 6.42. The van der Waals surface area contributed by atoms with Crippen molar-refractivity contribution in [2.75, 3.05) is 56.7 Å². The highest BCUT2D eigenvalue weighted by Gasteiger charge is 2.23. The number of piperazine rings is 1. The largest absolute Gasteiger partial charge is 0.495 e. The van der Waals surface area contributed by atoms with E-state index >= 15 is 0 Å². The van der Waals surface area contributed by atoms with E-state index in [1.807, 2.05) is 35.2 Å². The zero-order chi connectivity index (χ0) is 27.2. The van der Waals surface area contributed by atoms with E-state index < -0.39 is 0 Å². The van der Waals surface area contributed by atoms with E-state index in [-0.39, 0.29) is 5.48 Å². The standard InChI is InChI=1S/C32H39N5O2.H2O/c1-24-10-4-7-14-28(24)36-20-18-35(19-21-36)17-9-8-11-25-15-16-30(38-3)29(22-25)37(32(33)34-2)31-27-13-6-5-12-26(27)23-39-31;/h4-7,10,12-16,22-23H,8-9,11,17-21H2,1-3H3,(H2,33,34);1H2. The summed E-state index contributed by atoms with van der Waals surface area (Å²) in [5.74, 6) is 1.70. The number of nitrogens with zero attached hydrogens (tertiary/aromatic N) is 4. The number of nitrogens with two attached hydrogens (primary N) is 1. The van der Waals surface area contributed by atoms with Crippen LogP contribution in [0.3, 0.4) is 0 Å². The molecule has 8 nitrogen and oxygen atoms in total. The van der Waals surface area contributed by atoms with E-state index in [2.05, 4.69) is 58.1 Å². The predicted molar refractivity (Wildman–Crippen MR) is 165 cm³/mol. The number of fused-ring (bicyclic) bond motifs is 1. The van der Waals surface area contributed by atoms with Crippen molar-refractivity contribution in [3.63, 3.8) is 0 Å². The minimum absolute atomic E-state index is 0. The molecule has 0 unspecified atom stereocenters. The van der Waals surface area contributed by atoms with Gasteiger partial charge in [-0.25, -0.2) is 4.90 Å². The van der Waals surface area contributed by atoms with Crippen LogP contribution in [-0.2, 0) is 6.42 Å². The molecule has 1 fully saturated rings. The van der Waals surface area contributed by atoms with E-state index in [1.165, 1.54) is 16.8 Å². The van der Waals surface area contributed by atoms with E-state index in [1.54, 1.807) is 20.4 Å². The first-order valence-corrected chi connectivity index (χ1v) is 13.8. The number of benzene rings is 3. The van der Waals surface area contributed by atoms with Gasteiger partial charge in [0.05, 0.1) is 12.8 Å². The third-order valence-corrected chi connectivity index (χ3v) is 7.65. The predicted octanol–water partition coefficient (Wildman–Crippen LogP) is 5.15. The third-order valence-electron chi connectivity index (χ3n) is 7.65. The Hall–Kier alpha value is -4.01. The lowest BCUT2D eigenvalue weighted by atomic mass is 10.1. The van der Waals surface area contributed by atoms with Gasteiger partial charge in [-0.1, -0.05) is 42.5 Å². The second kappa shape index (κ2) is 13.4. The molecule has 0 aliphatic carbocycles. The first-order chi connectivity index (χ1) is 19.1. The number of para-hydroxylation sites is 1. The number of aryl methyl sites for hydroxylation is 2. The fourth-order valence-corrected chi connectivity index (χ4v) is 5.45. The quantitative estimate of drug-likeness (QED) is 0.178. The van der Waals surface area contributed by atoms with Crippen LogP contribution in [0.15, 0.2) is 82.4 Å². The number of hydrogen-bond donors (Lipinski definition) is 1. The lowest BCUT2D eigenvalue weighted by Crippen LogP contribution is -2.46. The van der Waals surface area contributed by atoms with Gasteiger partial charge in [0.2, 0.25) is 11.8 Å². The third kappa shape index (κ3) is 6.24. The van der Waals surface area contributed by atoms with Crippen LogP contribution in [0.25, 0.3) is 10.8 Å². The molecular formula is C32H41N5O3. The molecule has 2 heterocycles. The molecule has 0 amide bonds. The number of rotatable bonds is 9. The number of guanidine groups is 1. The highest BCUT2D eigenvalue weighted by Crippen LogP contribution is 2.39. The van der Waals surface area contributed by atoms with Crippen molar-refractivity contribution in [3.05, 3.63) is 84.1 Å². The summed E-state index contributed by atoms with van der Waals surface area (Å²) >= 11 is 0. The number of hydrogen-bond acceptors (Lipinski definition) is 5. The van der Waals surface area contributed by atoms with Crippen molar-refractivity contribution in [1.29, 1.82) is 0 Å². The smallest absolute Gasteiger partial charge is 0.214 e. The van der Waals surface area contributed by atoms with E-state index in [0.717, 1.165) is 74.2 Å². The van der Waals surface area contributed by atoms with E-state index in [0.29, 0.717) is 11.8 Å². The van der Waals surface area contributed by atoms with Crippen molar-refractivity contribution in [2.45, 2.75) is 26.2 Å². The normalized spacial score (nSPS) is 14.3. The van der Waals surface area contributed by atoms with Crippen LogP contribution in [-0.4, -0.2) is 63.2 Å². The molecule has 3 aromatic carbocycles. The molecule has 212 valence electrons. The molecular weight excluding hydrogens is 502 g/mol. The highest BCUT2D eigenvalue weighted by atomic mass is 16.5. The second-order valence-corrected chi connectivity index (χ2v) is 10.1. The molecule has 1 aromatic heterocycles. The van der Waals surface area contributed by atoms with Gasteiger partial charge in [-0.05, 0) is 68.1 Å². The van der Waals surface area contributed by atoms with Crippen molar-refractivity contribution >= 4 is 34.0 Å². The zero-order valence-corrected chi connectivity index (χ0v) is 23.8. The molecule has 4 N–H and O–H groups in total. The monoisotopic (exact) mass is 543 g/mol. The second-order valence-electron chi connectivity index (χ2n) is 10.1. The molecule has 0 atom stereocenters. The summed E-state index contributed by atoms with van der Waals surface area (Å²) in [7, 11) is 3.36. The van der Waals surface area contributed by atoms with Gasteiger partial charge in [-0.2, -0.15) is 0 Å². The number of methoxy groups -OCH3 is 1. The van der Waals surface area contributed by atoms with E-state index in [9.17, 15) is 0 Å². The molecule has 4 aromatic rings. The Morgan fingerprint density at radius 3 is 2.50 bits per heavy atom. The maximum Gasteiger partial charge on any atom is 0.214 e. The van der Waals surface area contributed by atoms with Crippen LogP contribution in [0, 0.1) is 6.92 Å².